The number of hydrogen-bond acceptors (Lipinski definition) is 3. The Bertz CT molecular complexity index is 530. The zero-order valence-corrected chi connectivity index (χ0v) is 18.4. The van der Waals surface area contributed by atoms with Gasteiger partial charge >= 0.3 is 12.1 Å². The average molecular weight is 433 g/mol. The molecule has 0 heterocycles. The second-order valence-corrected chi connectivity index (χ2v) is 9.64. The second-order valence-electron chi connectivity index (χ2n) is 9.64. The number of esters is 1. The van der Waals surface area contributed by atoms with Crippen LogP contribution in [0.4, 0.5) is 13.2 Å². The van der Waals surface area contributed by atoms with E-state index in [1.54, 1.807) is 6.92 Å². The highest BCUT2D eigenvalue weighted by atomic mass is 19.4. The Hall–Kier alpha value is -1.04. The van der Waals surface area contributed by atoms with E-state index in [0.717, 1.165) is 56.8 Å². The maximum absolute atomic E-state index is 12.2. The number of halogens is 3. The largest absolute Gasteiger partial charge is 0.462 e. The molecule has 30 heavy (non-hydrogen) atoms. The first-order chi connectivity index (χ1) is 14.2. The molecule has 2 aliphatic rings. The number of aliphatic hydroxyl groups excluding tert-OH is 1. The lowest BCUT2D eigenvalue weighted by Crippen LogP contribution is -2.31. The summed E-state index contributed by atoms with van der Waals surface area (Å²) in [5.74, 6) is 2.08. The van der Waals surface area contributed by atoms with Gasteiger partial charge in [0.25, 0.3) is 0 Å². The van der Waals surface area contributed by atoms with Crippen LogP contribution in [0, 0.1) is 29.6 Å². The fourth-order valence-electron chi connectivity index (χ4n) is 5.44. The van der Waals surface area contributed by atoms with Gasteiger partial charge in [-0.1, -0.05) is 32.3 Å². The van der Waals surface area contributed by atoms with Gasteiger partial charge < -0.3 is 9.84 Å². The monoisotopic (exact) mass is 432 g/mol. The third kappa shape index (κ3) is 8.60. The first kappa shape index (κ1) is 25.2. The predicted octanol–water partition coefficient (Wildman–Crippen LogP) is 6.45. The van der Waals surface area contributed by atoms with Crippen molar-refractivity contribution < 1.29 is 27.8 Å². The summed E-state index contributed by atoms with van der Waals surface area (Å²) in [5.41, 5.74) is 0.381. The summed E-state index contributed by atoms with van der Waals surface area (Å²) in [6.45, 7) is 5.51. The van der Waals surface area contributed by atoms with Crippen molar-refractivity contribution in [2.45, 2.75) is 90.1 Å². The third-order valence-electron chi connectivity index (χ3n) is 7.38. The van der Waals surface area contributed by atoms with Crippen molar-refractivity contribution in [2.75, 3.05) is 13.2 Å². The first-order valence-electron chi connectivity index (χ1n) is 11.7. The van der Waals surface area contributed by atoms with Crippen molar-refractivity contribution in [2.24, 2.45) is 29.6 Å². The maximum atomic E-state index is 12.2. The topological polar surface area (TPSA) is 46.5 Å². The molecule has 2 saturated carbocycles. The molecule has 0 aromatic carbocycles. The van der Waals surface area contributed by atoms with Crippen LogP contribution in [0.5, 0.6) is 0 Å². The Morgan fingerprint density at radius 2 is 1.60 bits per heavy atom. The average Bonchev–Trinajstić information content (AvgIpc) is 2.71. The molecule has 0 aromatic rings. The lowest BCUT2D eigenvalue weighted by Gasteiger charge is -2.39. The molecule has 1 unspecified atom stereocenters. The van der Waals surface area contributed by atoms with Crippen LogP contribution in [-0.2, 0) is 9.53 Å². The molecule has 0 aromatic heterocycles. The van der Waals surface area contributed by atoms with E-state index in [4.69, 9.17) is 4.74 Å². The van der Waals surface area contributed by atoms with Gasteiger partial charge in [-0.25, -0.2) is 4.79 Å². The lowest BCUT2D eigenvalue weighted by atomic mass is 9.67. The predicted molar refractivity (Wildman–Crippen MR) is 112 cm³/mol. The van der Waals surface area contributed by atoms with E-state index >= 15 is 0 Å². The van der Waals surface area contributed by atoms with Crippen molar-refractivity contribution in [1.82, 2.24) is 0 Å². The van der Waals surface area contributed by atoms with Gasteiger partial charge in [-0.2, -0.15) is 13.2 Å². The van der Waals surface area contributed by atoms with Gasteiger partial charge in [-0.15, -0.1) is 0 Å². The highest BCUT2D eigenvalue weighted by molar-refractivity contribution is 5.86. The van der Waals surface area contributed by atoms with Crippen molar-refractivity contribution >= 4 is 5.97 Å². The molecule has 174 valence electrons. The Morgan fingerprint density at radius 1 is 1.03 bits per heavy atom. The number of carbonyl (C=O) groups excluding carboxylic acids is 1. The fraction of sp³-hybridized carbons (Fsp3) is 0.875. The summed E-state index contributed by atoms with van der Waals surface area (Å²) >= 11 is 0. The van der Waals surface area contributed by atoms with Crippen molar-refractivity contribution in [1.29, 1.82) is 0 Å². The van der Waals surface area contributed by atoms with E-state index in [2.05, 4.69) is 6.58 Å². The van der Waals surface area contributed by atoms with Crippen LogP contribution in [0.3, 0.4) is 0 Å². The molecule has 0 amide bonds. The molecule has 0 aliphatic heterocycles. The molecule has 1 N–H and O–H groups in total. The molecule has 2 aliphatic carbocycles. The molecule has 1 atom stereocenters. The summed E-state index contributed by atoms with van der Waals surface area (Å²) in [6, 6.07) is 0. The van der Waals surface area contributed by atoms with Crippen molar-refractivity contribution in [3.8, 4) is 0 Å². The molecule has 6 heteroatoms. The lowest BCUT2D eigenvalue weighted by molar-refractivity contribution is -0.141. The molecule has 0 radical (unpaired) electrons. The van der Waals surface area contributed by atoms with Gasteiger partial charge in [0.15, 0.2) is 0 Å². The quantitative estimate of drug-likeness (QED) is 0.245. The first-order valence-corrected chi connectivity index (χ1v) is 11.7. The van der Waals surface area contributed by atoms with E-state index in [1.165, 1.54) is 12.8 Å². The van der Waals surface area contributed by atoms with Crippen LogP contribution in [0.15, 0.2) is 12.2 Å². The standard InChI is InChI=1S/C24H39F3O3/c1-17(2)23(29)30-16-22(15-28)21-12-10-20(11-13-21)19-8-6-18(7-9-19)5-3-4-14-24(25,26)27/h18-22,28H,1,3-16H2,2H3. The SMILES string of the molecule is C=C(C)C(=O)OCC(CO)C1CCC(C2CCC(CCCCC(F)(F)F)CC2)CC1. The number of hydrogen-bond donors (Lipinski definition) is 1. The van der Waals surface area contributed by atoms with Crippen LogP contribution in [0.2, 0.25) is 0 Å². The minimum atomic E-state index is -4.02. The van der Waals surface area contributed by atoms with E-state index in [9.17, 15) is 23.1 Å². The minimum Gasteiger partial charge on any atom is -0.462 e. The van der Waals surface area contributed by atoms with Crippen LogP contribution >= 0.6 is 0 Å². The number of alkyl halides is 3. The number of unbranched alkanes of at least 4 members (excludes halogenated alkanes) is 1. The summed E-state index contributed by atoms with van der Waals surface area (Å²) in [4.78, 5) is 11.6. The number of carbonyl (C=O) groups is 1. The molecule has 3 nitrogen and oxygen atoms in total. The van der Waals surface area contributed by atoms with E-state index in [1.807, 2.05) is 0 Å². The van der Waals surface area contributed by atoms with Gasteiger partial charge in [0.05, 0.1) is 6.61 Å². The molecule has 2 rings (SSSR count). The number of rotatable bonds is 10. The zero-order valence-electron chi connectivity index (χ0n) is 18.4. The highest BCUT2D eigenvalue weighted by Crippen LogP contribution is 2.43. The van der Waals surface area contributed by atoms with Gasteiger partial charge in [-0.05, 0) is 75.5 Å². The van der Waals surface area contributed by atoms with Crippen molar-refractivity contribution in [3.63, 3.8) is 0 Å². The molecule has 0 bridgehead atoms. The van der Waals surface area contributed by atoms with E-state index in [0.29, 0.717) is 23.8 Å². The van der Waals surface area contributed by atoms with Gasteiger partial charge in [0, 0.05) is 24.5 Å². The Balaban J connectivity index is 1.64. The second kappa shape index (κ2) is 12.1. The number of aliphatic hydroxyl groups is 1. The van der Waals surface area contributed by atoms with Crippen LogP contribution in [-0.4, -0.2) is 30.5 Å². The maximum Gasteiger partial charge on any atom is 0.389 e. The Kier molecular flexibility index (Phi) is 10.2. The zero-order chi connectivity index (χ0) is 22.1. The van der Waals surface area contributed by atoms with Gasteiger partial charge in [0.2, 0.25) is 0 Å². The van der Waals surface area contributed by atoms with E-state index in [-0.39, 0.29) is 25.6 Å². The van der Waals surface area contributed by atoms with Crippen LogP contribution in [0.1, 0.15) is 84.0 Å². The fourth-order valence-corrected chi connectivity index (χ4v) is 5.44. The summed E-state index contributed by atoms with van der Waals surface area (Å²) in [7, 11) is 0. The normalized spacial score (nSPS) is 28.7. The highest BCUT2D eigenvalue weighted by Gasteiger charge is 2.33. The molecule has 0 spiro atoms. The van der Waals surface area contributed by atoms with E-state index < -0.39 is 18.6 Å². The van der Waals surface area contributed by atoms with Gasteiger partial charge in [0.1, 0.15) is 0 Å². The van der Waals surface area contributed by atoms with Crippen LogP contribution < -0.4 is 0 Å². The summed E-state index contributed by atoms with van der Waals surface area (Å²) < 4.78 is 42.0. The van der Waals surface area contributed by atoms with Crippen LogP contribution in [0.25, 0.3) is 0 Å². The molecule has 0 saturated heterocycles. The van der Waals surface area contributed by atoms with Gasteiger partial charge in [-0.3, -0.25) is 0 Å². The summed E-state index contributed by atoms with van der Waals surface area (Å²) in [5, 5.41) is 9.73. The van der Waals surface area contributed by atoms with Crippen molar-refractivity contribution in [3.05, 3.63) is 12.2 Å². The smallest absolute Gasteiger partial charge is 0.389 e. The molecular weight excluding hydrogens is 393 g/mol. The number of ether oxygens (including phenoxy) is 1. The summed E-state index contributed by atoms with van der Waals surface area (Å²) in [6.07, 6.45) is 6.43. The molecule has 2 fully saturated rings. The Labute approximate surface area is 179 Å². The third-order valence-corrected chi connectivity index (χ3v) is 7.38. The molecular formula is C24H39F3O3. The minimum absolute atomic E-state index is 0.00156. The Morgan fingerprint density at radius 3 is 2.10 bits per heavy atom.